The summed E-state index contributed by atoms with van der Waals surface area (Å²) in [4.78, 5) is 39.3. The summed E-state index contributed by atoms with van der Waals surface area (Å²) >= 11 is 0. The van der Waals surface area contributed by atoms with Crippen LogP contribution >= 0.6 is 0 Å². The molecule has 1 N–H and O–H groups in total. The highest BCUT2D eigenvalue weighted by atomic mass is 16.5. The van der Waals surface area contributed by atoms with Gasteiger partial charge in [0.15, 0.2) is 0 Å². The fourth-order valence-electron chi connectivity index (χ4n) is 1.91. The second-order valence-electron chi connectivity index (χ2n) is 4.56. The van der Waals surface area contributed by atoms with Gasteiger partial charge >= 0.3 is 11.7 Å². The van der Waals surface area contributed by atoms with E-state index in [1.807, 2.05) is 0 Å². The number of carbonyl (C=O) groups excluding carboxylic acids is 1. The van der Waals surface area contributed by atoms with Crippen molar-refractivity contribution < 1.29 is 14.6 Å². The summed E-state index contributed by atoms with van der Waals surface area (Å²) in [6, 6.07) is 0. The van der Waals surface area contributed by atoms with Gasteiger partial charge in [0, 0.05) is 14.1 Å². The minimum atomic E-state index is -0.652. The van der Waals surface area contributed by atoms with E-state index < -0.39 is 23.1 Å². The molecule has 0 radical (unpaired) electrons. The molecule has 2 heterocycles. The van der Waals surface area contributed by atoms with Crippen molar-refractivity contribution >= 4 is 17.8 Å². The van der Waals surface area contributed by atoms with E-state index in [4.69, 9.17) is 4.74 Å². The van der Waals surface area contributed by atoms with Gasteiger partial charge in [0.25, 0.3) is 5.56 Å². The lowest BCUT2D eigenvalue weighted by Crippen LogP contribution is -2.37. The maximum atomic E-state index is 12.0. The molecule has 116 valence electrons. The second kappa shape index (κ2) is 5.84. The van der Waals surface area contributed by atoms with Gasteiger partial charge in [-0.15, -0.1) is 0 Å². The fraction of sp³-hybridized carbons (Fsp3) is 0.286. The number of carbonyl (C=O) groups is 1. The number of nitrogens with zero attached hydrogens (tertiary/aromatic N) is 3. The molecule has 0 saturated carbocycles. The van der Waals surface area contributed by atoms with Gasteiger partial charge < -0.3 is 9.84 Å². The molecule has 0 saturated heterocycles. The Kier molecular flexibility index (Phi) is 4.11. The Labute approximate surface area is 125 Å². The van der Waals surface area contributed by atoms with Crippen molar-refractivity contribution in [2.75, 3.05) is 6.61 Å². The summed E-state index contributed by atoms with van der Waals surface area (Å²) < 4.78 is 6.64. The van der Waals surface area contributed by atoms with E-state index >= 15 is 0 Å². The second-order valence-corrected chi connectivity index (χ2v) is 4.56. The lowest BCUT2D eigenvalue weighted by Gasteiger charge is -2.07. The van der Waals surface area contributed by atoms with Crippen LogP contribution in [0.3, 0.4) is 0 Å². The van der Waals surface area contributed by atoms with Crippen LogP contribution in [0.15, 0.2) is 32.4 Å². The lowest BCUT2D eigenvalue weighted by atomic mass is 10.2. The van der Waals surface area contributed by atoms with Crippen molar-refractivity contribution in [1.82, 2.24) is 9.13 Å². The Bertz CT molecular complexity index is 839. The van der Waals surface area contributed by atoms with Crippen LogP contribution in [0, 0.1) is 0 Å². The highest BCUT2D eigenvalue weighted by molar-refractivity contribution is 6.42. The molecule has 1 aromatic rings. The smallest absolute Gasteiger partial charge is 0.356 e. The molecular formula is C14H15N3O5. The third kappa shape index (κ3) is 2.62. The van der Waals surface area contributed by atoms with E-state index in [-0.39, 0.29) is 17.9 Å². The molecule has 22 heavy (non-hydrogen) atoms. The number of hydrogen-bond donors (Lipinski definition) is 1. The van der Waals surface area contributed by atoms with E-state index in [1.165, 1.54) is 32.3 Å². The number of rotatable bonds is 3. The summed E-state index contributed by atoms with van der Waals surface area (Å²) in [5.41, 5.74) is -0.968. The number of aromatic hydroxyl groups is 1. The third-order valence-electron chi connectivity index (χ3n) is 3.11. The van der Waals surface area contributed by atoms with Crippen molar-refractivity contribution in [2.45, 2.75) is 6.92 Å². The van der Waals surface area contributed by atoms with Gasteiger partial charge in [0.05, 0.1) is 12.3 Å². The van der Waals surface area contributed by atoms with Gasteiger partial charge in [0.2, 0.25) is 5.88 Å². The average molecular weight is 305 g/mol. The predicted octanol–water partition coefficient (Wildman–Crippen LogP) is -0.296. The Morgan fingerprint density at radius 1 is 1.32 bits per heavy atom. The molecule has 1 aromatic heterocycles. The molecule has 8 nitrogen and oxygen atoms in total. The van der Waals surface area contributed by atoms with Crippen molar-refractivity contribution in [2.24, 2.45) is 19.1 Å². The van der Waals surface area contributed by atoms with Crippen LogP contribution in [-0.4, -0.2) is 32.5 Å². The van der Waals surface area contributed by atoms with E-state index in [2.05, 4.69) is 4.99 Å². The third-order valence-corrected chi connectivity index (χ3v) is 3.11. The maximum absolute atomic E-state index is 12.0. The first-order valence-electron chi connectivity index (χ1n) is 6.51. The van der Waals surface area contributed by atoms with Crippen molar-refractivity contribution in [3.05, 3.63) is 44.3 Å². The van der Waals surface area contributed by atoms with E-state index in [9.17, 15) is 19.5 Å². The quantitative estimate of drug-likeness (QED) is 0.773. The van der Waals surface area contributed by atoms with Crippen LogP contribution in [0.25, 0.3) is 6.08 Å². The first-order chi connectivity index (χ1) is 10.4. The summed E-state index contributed by atoms with van der Waals surface area (Å²) in [6.07, 6.45) is 4.27. The molecule has 1 aliphatic rings. The molecule has 0 bridgehead atoms. The largest absolute Gasteiger partial charge is 0.494 e. The molecule has 0 aromatic carbocycles. The van der Waals surface area contributed by atoms with E-state index in [1.54, 1.807) is 6.92 Å². The topological polar surface area (TPSA) is 103 Å². The maximum Gasteiger partial charge on any atom is 0.356 e. The van der Waals surface area contributed by atoms with Gasteiger partial charge in [-0.2, -0.15) is 0 Å². The minimum Gasteiger partial charge on any atom is -0.494 e. The molecule has 0 amide bonds. The first kappa shape index (κ1) is 15.5. The summed E-state index contributed by atoms with van der Waals surface area (Å²) in [5, 5.41) is 9.94. The number of hydrogen-bond acceptors (Lipinski definition) is 6. The highest BCUT2D eigenvalue weighted by Gasteiger charge is 2.17. The standard InChI is InChI=1S/C14H15N3O5/c1-4-22-13(20)10-6-5-8(15-10)7-9-11(18)16(2)14(21)17(3)12(9)19/h5-7,18H,4H2,1-3H3/b8-7-. The lowest BCUT2D eigenvalue weighted by molar-refractivity contribution is -0.134. The molecule has 0 unspecified atom stereocenters. The molecule has 8 heteroatoms. The van der Waals surface area contributed by atoms with Crippen molar-refractivity contribution in [3.8, 4) is 5.88 Å². The van der Waals surface area contributed by atoms with E-state index in [0.29, 0.717) is 5.70 Å². The van der Waals surface area contributed by atoms with Crippen molar-refractivity contribution in [3.63, 3.8) is 0 Å². The number of esters is 1. The molecular weight excluding hydrogens is 290 g/mol. The Balaban J connectivity index is 2.49. The Morgan fingerprint density at radius 2 is 2.00 bits per heavy atom. The Morgan fingerprint density at radius 3 is 2.64 bits per heavy atom. The molecule has 0 fully saturated rings. The minimum absolute atomic E-state index is 0.0851. The molecule has 0 aliphatic carbocycles. The van der Waals surface area contributed by atoms with Gasteiger partial charge in [-0.1, -0.05) is 0 Å². The molecule has 2 rings (SSSR count). The summed E-state index contributed by atoms with van der Waals surface area (Å²) in [7, 11) is 2.65. The van der Waals surface area contributed by atoms with Gasteiger partial charge in [-0.05, 0) is 25.2 Å². The van der Waals surface area contributed by atoms with Gasteiger partial charge in [-0.3, -0.25) is 13.9 Å². The van der Waals surface area contributed by atoms with Crippen LogP contribution in [0.2, 0.25) is 0 Å². The number of aliphatic imine (C=N–C) groups is 1. The fourth-order valence-corrected chi connectivity index (χ4v) is 1.91. The first-order valence-corrected chi connectivity index (χ1v) is 6.51. The van der Waals surface area contributed by atoms with Crippen LogP contribution in [0.4, 0.5) is 0 Å². The SMILES string of the molecule is CCOC(=O)C1=N/C(=C\c2c(O)n(C)c(=O)n(C)c2=O)C=C1. The monoisotopic (exact) mass is 305 g/mol. The van der Waals surface area contributed by atoms with Gasteiger partial charge in [-0.25, -0.2) is 14.6 Å². The zero-order valence-corrected chi connectivity index (χ0v) is 12.4. The molecule has 0 spiro atoms. The average Bonchev–Trinajstić information content (AvgIpc) is 2.96. The summed E-state index contributed by atoms with van der Waals surface area (Å²) in [6.45, 7) is 1.91. The Hall–Kier alpha value is -2.90. The molecule has 0 atom stereocenters. The summed E-state index contributed by atoms with van der Waals surface area (Å²) in [5.74, 6) is -1.03. The van der Waals surface area contributed by atoms with Crippen LogP contribution in [-0.2, 0) is 23.6 Å². The highest BCUT2D eigenvalue weighted by Crippen LogP contribution is 2.17. The van der Waals surface area contributed by atoms with Crippen LogP contribution in [0.5, 0.6) is 5.88 Å². The number of ether oxygens (including phenoxy) is 1. The molecule has 1 aliphatic heterocycles. The van der Waals surface area contributed by atoms with E-state index in [0.717, 1.165) is 9.13 Å². The van der Waals surface area contributed by atoms with Crippen LogP contribution < -0.4 is 11.2 Å². The predicted molar refractivity (Wildman–Crippen MR) is 79.8 cm³/mol. The normalized spacial score (nSPS) is 15.2. The zero-order chi connectivity index (χ0) is 16.4. The van der Waals surface area contributed by atoms with Crippen LogP contribution in [0.1, 0.15) is 12.5 Å². The zero-order valence-electron chi connectivity index (χ0n) is 12.4. The number of aromatic nitrogens is 2. The number of allylic oxidation sites excluding steroid dienone is 1. The van der Waals surface area contributed by atoms with Crippen molar-refractivity contribution in [1.29, 1.82) is 0 Å². The van der Waals surface area contributed by atoms with Gasteiger partial charge in [0.1, 0.15) is 11.3 Å².